The molecule has 1 aliphatic heterocycles. The zero-order valence-corrected chi connectivity index (χ0v) is 15.2. The molecule has 1 aliphatic rings. The van der Waals surface area contributed by atoms with Crippen LogP contribution in [0, 0.1) is 0 Å². The molecule has 9 heteroatoms. The second kappa shape index (κ2) is 7.94. The fourth-order valence-corrected chi connectivity index (χ4v) is 4.30. The Bertz CT molecular complexity index is 763. The van der Waals surface area contributed by atoms with E-state index in [2.05, 4.69) is 0 Å². The molecule has 0 saturated heterocycles. The molecule has 0 atom stereocenters. The number of benzene rings is 1. The molecule has 138 valence electrons. The van der Waals surface area contributed by atoms with Crippen LogP contribution < -0.4 is 10.6 Å². The van der Waals surface area contributed by atoms with Crippen LogP contribution in [0.25, 0.3) is 0 Å². The molecule has 2 N–H and O–H groups in total. The number of aryl methyl sites for hydroxylation is 1. The van der Waals surface area contributed by atoms with Crippen LogP contribution in [0.4, 0.5) is 5.69 Å². The molecule has 0 aliphatic carbocycles. The summed E-state index contributed by atoms with van der Waals surface area (Å²) in [6.07, 6.45) is 1.46. The summed E-state index contributed by atoms with van der Waals surface area (Å²) in [4.78, 5) is 24.7. The molecule has 0 aromatic heterocycles. The lowest BCUT2D eigenvalue weighted by atomic mass is 10.0. The number of primary amides is 1. The second-order valence-corrected chi connectivity index (χ2v) is 7.80. The van der Waals surface area contributed by atoms with Gasteiger partial charge in [-0.3, -0.25) is 9.59 Å². The van der Waals surface area contributed by atoms with Gasteiger partial charge in [0.15, 0.2) is 0 Å². The first-order valence-corrected chi connectivity index (χ1v) is 9.39. The molecular weight excluding hydrogens is 346 g/mol. The predicted octanol–water partition coefficient (Wildman–Crippen LogP) is 0.108. The molecule has 1 heterocycles. The maximum atomic E-state index is 12.9. The minimum Gasteiger partial charge on any atom is -0.383 e. The first-order valence-electron chi connectivity index (χ1n) is 7.95. The van der Waals surface area contributed by atoms with Crippen molar-refractivity contribution < 1.29 is 22.7 Å². The average Bonchev–Trinajstić information content (AvgIpc) is 2.56. The van der Waals surface area contributed by atoms with E-state index < -0.39 is 22.5 Å². The smallest absolute Gasteiger partial charge is 0.243 e. The van der Waals surface area contributed by atoms with Crippen molar-refractivity contribution in [2.24, 2.45) is 5.73 Å². The molecule has 0 saturated carbocycles. The van der Waals surface area contributed by atoms with E-state index in [9.17, 15) is 18.0 Å². The highest BCUT2D eigenvalue weighted by molar-refractivity contribution is 7.89. The third-order valence-electron chi connectivity index (χ3n) is 4.06. The van der Waals surface area contributed by atoms with E-state index in [0.29, 0.717) is 13.0 Å². The normalized spacial score (nSPS) is 14.4. The molecular formula is C16H23N3O5S. The van der Waals surface area contributed by atoms with Crippen molar-refractivity contribution in [1.82, 2.24) is 4.31 Å². The fraction of sp³-hybridized carbons (Fsp3) is 0.500. The van der Waals surface area contributed by atoms with E-state index in [-0.39, 0.29) is 24.0 Å². The monoisotopic (exact) mass is 369 g/mol. The van der Waals surface area contributed by atoms with Crippen LogP contribution in [0.2, 0.25) is 0 Å². The van der Waals surface area contributed by atoms with E-state index in [1.165, 1.54) is 20.1 Å². The highest BCUT2D eigenvalue weighted by Gasteiger charge is 2.28. The van der Waals surface area contributed by atoms with Crippen LogP contribution in [0.15, 0.2) is 23.1 Å². The molecule has 0 fully saturated rings. The number of sulfonamides is 1. The Morgan fingerprint density at radius 3 is 2.68 bits per heavy atom. The zero-order valence-electron chi connectivity index (χ0n) is 14.4. The van der Waals surface area contributed by atoms with Gasteiger partial charge in [0.05, 0.1) is 18.0 Å². The van der Waals surface area contributed by atoms with Crippen molar-refractivity contribution in [3.63, 3.8) is 0 Å². The molecule has 2 amide bonds. The number of amides is 2. The van der Waals surface area contributed by atoms with Crippen molar-refractivity contribution in [3.05, 3.63) is 23.8 Å². The molecule has 1 aromatic rings. The number of ether oxygens (including phenoxy) is 1. The Morgan fingerprint density at radius 2 is 2.08 bits per heavy atom. The molecule has 2 rings (SSSR count). The number of carbonyl (C=O) groups excluding carboxylic acids is 2. The van der Waals surface area contributed by atoms with Crippen molar-refractivity contribution in [3.8, 4) is 0 Å². The van der Waals surface area contributed by atoms with E-state index >= 15 is 0 Å². The number of nitrogens with two attached hydrogens (primary N) is 1. The van der Waals surface area contributed by atoms with E-state index in [1.807, 2.05) is 0 Å². The van der Waals surface area contributed by atoms with Crippen molar-refractivity contribution in [2.45, 2.75) is 24.7 Å². The highest BCUT2D eigenvalue weighted by atomic mass is 32.2. The fourth-order valence-electron chi connectivity index (χ4n) is 2.86. The number of hydrogen-bond acceptors (Lipinski definition) is 5. The van der Waals surface area contributed by atoms with E-state index in [4.69, 9.17) is 10.5 Å². The van der Waals surface area contributed by atoms with Crippen molar-refractivity contribution in [2.75, 3.05) is 38.3 Å². The van der Waals surface area contributed by atoms with Crippen molar-refractivity contribution >= 4 is 27.5 Å². The standard InChI is InChI=1S/C16H23N3O5S/c1-12(20)19-7-3-4-13-10-14(5-6-15(13)19)25(22,23)18(8-9-24-2)11-16(17)21/h5-6,10H,3-4,7-9,11H2,1-2H3,(H2,17,21). The summed E-state index contributed by atoms with van der Waals surface area (Å²) in [5.41, 5.74) is 6.70. The largest absolute Gasteiger partial charge is 0.383 e. The predicted molar refractivity (Wildman–Crippen MR) is 92.6 cm³/mol. The van der Waals surface area contributed by atoms with Crippen LogP contribution >= 0.6 is 0 Å². The van der Waals surface area contributed by atoms with Gasteiger partial charge in [-0.15, -0.1) is 0 Å². The summed E-state index contributed by atoms with van der Waals surface area (Å²) in [5, 5.41) is 0. The highest BCUT2D eigenvalue weighted by Crippen LogP contribution is 2.30. The van der Waals surface area contributed by atoms with Crippen LogP contribution in [0.3, 0.4) is 0 Å². The van der Waals surface area contributed by atoms with Gasteiger partial charge in [-0.1, -0.05) is 0 Å². The Balaban J connectivity index is 2.38. The van der Waals surface area contributed by atoms with Gasteiger partial charge in [0.25, 0.3) is 0 Å². The summed E-state index contributed by atoms with van der Waals surface area (Å²) >= 11 is 0. The maximum Gasteiger partial charge on any atom is 0.243 e. The summed E-state index contributed by atoms with van der Waals surface area (Å²) in [7, 11) is -2.44. The molecule has 0 radical (unpaired) electrons. The Labute approximate surface area is 147 Å². The Kier molecular flexibility index (Phi) is 6.15. The number of fused-ring (bicyclic) bond motifs is 1. The minimum atomic E-state index is -3.89. The van der Waals surface area contributed by atoms with Gasteiger partial charge in [-0.05, 0) is 36.6 Å². The Hall–Kier alpha value is -1.97. The first-order chi connectivity index (χ1) is 11.8. The van der Waals surface area contributed by atoms with Gasteiger partial charge in [-0.2, -0.15) is 4.31 Å². The summed E-state index contributed by atoms with van der Waals surface area (Å²) in [6, 6.07) is 4.67. The number of rotatable bonds is 7. The number of hydrogen-bond donors (Lipinski definition) is 1. The van der Waals surface area contributed by atoms with E-state index in [0.717, 1.165) is 22.0 Å². The summed E-state index contributed by atoms with van der Waals surface area (Å²) in [6.45, 7) is 1.87. The van der Waals surface area contributed by atoms with Gasteiger partial charge < -0.3 is 15.4 Å². The second-order valence-electron chi connectivity index (χ2n) is 5.86. The van der Waals surface area contributed by atoms with E-state index in [1.54, 1.807) is 17.0 Å². The summed E-state index contributed by atoms with van der Waals surface area (Å²) in [5.74, 6) is -0.813. The molecule has 0 unspecified atom stereocenters. The Morgan fingerprint density at radius 1 is 1.36 bits per heavy atom. The van der Waals surface area contributed by atoms with Crippen LogP contribution in [-0.4, -0.2) is 57.9 Å². The third kappa shape index (κ3) is 4.36. The number of anilines is 1. The molecule has 0 bridgehead atoms. The number of methoxy groups -OCH3 is 1. The molecule has 8 nitrogen and oxygen atoms in total. The van der Waals surface area contributed by atoms with Gasteiger partial charge in [0, 0.05) is 32.8 Å². The number of carbonyl (C=O) groups is 2. The lowest BCUT2D eigenvalue weighted by Gasteiger charge is -2.29. The topological polar surface area (TPSA) is 110 Å². The van der Waals surface area contributed by atoms with Gasteiger partial charge in [-0.25, -0.2) is 8.42 Å². The van der Waals surface area contributed by atoms with Crippen molar-refractivity contribution in [1.29, 1.82) is 0 Å². The van der Waals surface area contributed by atoms with Crippen LogP contribution in [0.1, 0.15) is 18.9 Å². The molecule has 1 aromatic carbocycles. The molecule has 0 spiro atoms. The third-order valence-corrected chi connectivity index (χ3v) is 5.91. The maximum absolute atomic E-state index is 12.9. The zero-order chi connectivity index (χ0) is 18.6. The lowest BCUT2D eigenvalue weighted by Crippen LogP contribution is -2.40. The number of nitrogens with zero attached hydrogens (tertiary/aromatic N) is 2. The quantitative estimate of drug-likeness (QED) is 0.733. The molecule has 25 heavy (non-hydrogen) atoms. The average molecular weight is 369 g/mol. The van der Waals surface area contributed by atoms with Crippen LogP contribution in [0.5, 0.6) is 0 Å². The van der Waals surface area contributed by atoms with Gasteiger partial charge in [0.1, 0.15) is 0 Å². The SMILES string of the molecule is COCCN(CC(N)=O)S(=O)(=O)c1ccc2c(c1)CCCN2C(C)=O. The van der Waals surface area contributed by atoms with Gasteiger partial charge >= 0.3 is 0 Å². The van der Waals surface area contributed by atoms with Crippen LogP contribution in [-0.2, 0) is 30.8 Å². The lowest BCUT2D eigenvalue weighted by molar-refractivity contribution is -0.118. The first kappa shape index (κ1) is 19.4. The summed E-state index contributed by atoms with van der Waals surface area (Å²) < 4.78 is 31.6. The van der Waals surface area contributed by atoms with Gasteiger partial charge in [0.2, 0.25) is 21.8 Å². The minimum absolute atomic E-state index is 0.0262.